The molecule has 0 spiro atoms. The van der Waals surface area contributed by atoms with Gasteiger partial charge in [-0.3, -0.25) is 9.36 Å². The number of rotatable bonds is 10. The summed E-state index contributed by atoms with van der Waals surface area (Å²) in [7, 11) is 1.61. The number of benzene rings is 3. The van der Waals surface area contributed by atoms with E-state index in [1.165, 1.54) is 12.1 Å². The molecule has 0 aliphatic rings. The van der Waals surface area contributed by atoms with Crippen LogP contribution in [0.4, 0.5) is 10.1 Å². The van der Waals surface area contributed by atoms with E-state index in [2.05, 4.69) is 0 Å². The van der Waals surface area contributed by atoms with E-state index in [0.717, 1.165) is 35.4 Å². The normalized spacial score (nSPS) is 11.0. The van der Waals surface area contributed by atoms with Crippen molar-refractivity contribution in [3.8, 4) is 28.6 Å². The number of nitrogen functional groups attached to an aromatic ring is 1. The number of carboxylic acids is 1. The van der Waals surface area contributed by atoms with Gasteiger partial charge in [-0.15, -0.1) is 0 Å². The second kappa shape index (κ2) is 10.2. The molecule has 7 nitrogen and oxygen atoms in total. The van der Waals surface area contributed by atoms with Gasteiger partial charge in [0.1, 0.15) is 23.1 Å². The van der Waals surface area contributed by atoms with E-state index >= 15 is 0 Å². The molecule has 0 fully saturated rings. The molecule has 0 saturated heterocycles. The van der Waals surface area contributed by atoms with Crippen molar-refractivity contribution < 1.29 is 23.8 Å². The number of carboxylic acid groups (broad SMARTS) is 1. The lowest BCUT2D eigenvalue weighted by atomic mass is 10.2. The Hall–Kier alpha value is -4.07. The highest BCUT2D eigenvalue weighted by Crippen LogP contribution is 2.34. The van der Waals surface area contributed by atoms with E-state index in [4.69, 9.17) is 25.3 Å². The zero-order valence-corrected chi connectivity index (χ0v) is 18.8. The monoisotopic (exact) mass is 463 g/mol. The maximum Gasteiger partial charge on any atom is 0.303 e. The fourth-order valence-corrected chi connectivity index (χ4v) is 3.77. The molecule has 4 rings (SSSR count). The summed E-state index contributed by atoms with van der Waals surface area (Å²) < 4.78 is 26.7. The summed E-state index contributed by atoms with van der Waals surface area (Å²) in [4.78, 5) is 15.4. The predicted octanol–water partition coefficient (Wildman–Crippen LogP) is 5.45. The lowest BCUT2D eigenvalue weighted by Gasteiger charge is -2.12. The van der Waals surface area contributed by atoms with E-state index in [1.807, 2.05) is 34.9 Å². The van der Waals surface area contributed by atoms with Crippen molar-refractivity contribution in [2.45, 2.75) is 25.7 Å². The van der Waals surface area contributed by atoms with Gasteiger partial charge in [0.2, 0.25) is 0 Å². The smallest absolute Gasteiger partial charge is 0.303 e. The molecule has 0 aliphatic carbocycles. The fraction of sp³-hybridized carbons (Fsp3) is 0.231. The van der Waals surface area contributed by atoms with Crippen molar-refractivity contribution in [2.24, 2.45) is 0 Å². The molecule has 0 saturated carbocycles. The van der Waals surface area contributed by atoms with Crippen molar-refractivity contribution in [1.82, 2.24) is 9.55 Å². The topological polar surface area (TPSA) is 99.6 Å². The minimum absolute atomic E-state index is 0.154. The number of hydrogen-bond donors (Lipinski definition) is 2. The lowest BCUT2D eigenvalue weighted by molar-refractivity contribution is -0.137. The molecular formula is C26H26FN3O4. The second-order valence-electron chi connectivity index (χ2n) is 7.91. The minimum atomic E-state index is -0.792. The first-order valence-electron chi connectivity index (χ1n) is 11.0. The number of fused-ring (bicyclic) bond motifs is 1. The number of aromatic nitrogens is 2. The Bertz CT molecular complexity index is 1280. The Morgan fingerprint density at radius 3 is 2.47 bits per heavy atom. The molecule has 0 unspecified atom stereocenters. The van der Waals surface area contributed by atoms with Crippen LogP contribution in [0.3, 0.4) is 0 Å². The van der Waals surface area contributed by atoms with Crippen LogP contribution in [0.5, 0.6) is 11.5 Å². The van der Waals surface area contributed by atoms with Crippen LogP contribution in [-0.4, -0.2) is 34.3 Å². The summed E-state index contributed by atoms with van der Waals surface area (Å²) in [6.45, 7) is 0.427. The predicted molar refractivity (Wildman–Crippen MR) is 129 cm³/mol. The highest BCUT2D eigenvalue weighted by Gasteiger charge is 2.17. The van der Waals surface area contributed by atoms with Crippen LogP contribution in [0.2, 0.25) is 0 Å². The zero-order valence-electron chi connectivity index (χ0n) is 18.8. The van der Waals surface area contributed by atoms with E-state index < -0.39 is 5.97 Å². The summed E-state index contributed by atoms with van der Waals surface area (Å²) in [6, 6.07) is 17.4. The Kier molecular flexibility index (Phi) is 6.96. The zero-order chi connectivity index (χ0) is 24.1. The van der Waals surface area contributed by atoms with E-state index in [0.29, 0.717) is 35.8 Å². The largest absolute Gasteiger partial charge is 0.497 e. The molecule has 1 aromatic heterocycles. The van der Waals surface area contributed by atoms with Crippen LogP contribution >= 0.6 is 0 Å². The third-order valence-electron chi connectivity index (χ3n) is 5.51. The number of anilines is 1. The first-order valence-corrected chi connectivity index (χ1v) is 11.0. The number of aliphatic carboxylic acids is 1. The number of methoxy groups -OCH3 is 1. The van der Waals surface area contributed by atoms with Gasteiger partial charge in [0.05, 0.1) is 30.4 Å². The van der Waals surface area contributed by atoms with Crippen LogP contribution in [0, 0.1) is 5.82 Å². The molecule has 176 valence electrons. The molecule has 0 amide bonds. The average molecular weight is 464 g/mol. The van der Waals surface area contributed by atoms with E-state index in [1.54, 1.807) is 25.3 Å². The van der Waals surface area contributed by atoms with Crippen LogP contribution in [0.1, 0.15) is 25.7 Å². The lowest BCUT2D eigenvalue weighted by Crippen LogP contribution is -2.02. The van der Waals surface area contributed by atoms with Crippen molar-refractivity contribution in [1.29, 1.82) is 0 Å². The Labute approximate surface area is 196 Å². The highest BCUT2D eigenvalue weighted by molar-refractivity contribution is 5.88. The van der Waals surface area contributed by atoms with Crippen molar-refractivity contribution >= 4 is 22.7 Å². The van der Waals surface area contributed by atoms with Gasteiger partial charge in [-0.05, 0) is 73.9 Å². The summed E-state index contributed by atoms with van der Waals surface area (Å²) in [5.41, 5.74) is 9.79. The van der Waals surface area contributed by atoms with E-state index in [9.17, 15) is 9.18 Å². The number of imidazole rings is 1. The third kappa shape index (κ3) is 5.11. The van der Waals surface area contributed by atoms with Crippen LogP contribution in [-0.2, 0) is 4.79 Å². The summed E-state index contributed by atoms with van der Waals surface area (Å²) in [6.07, 6.45) is 2.25. The number of ether oxygens (including phenoxy) is 2. The quantitative estimate of drug-likeness (QED) is 0.240. The first-order chi connectivity index (χ1) is 16.5. The van der Waals surface area contributed by atoms with Gasteiger partial charge < -0.3 is 20.3 Å². The second-order valence-corrected chi connectivity index (χ2v) is 7.91. The minimum Gasteiger partial charge on any atom is -0.497 e. The molecule has 3 aromatic carbocycles. The Morgan fingerprint density at radius 2 is 1.79 bits per heavy atom. The molecule has 0 radical (unpaired) electrons. The van der Waals surface area contributed by atoms with Gasteiger partial charge >= 0.3 is 5.97 Å². The highest BCUT2D eigenvalue weighted by atomic mass is 19.1. The Morgan fingerprint density at radius 1 is 1.06 bits per heavy atom. The number of halogens is 1. The van der Waals surface area contributed by atoms with Crippen molar-refractivity contribution in [2.75, 3.05) is 19.5 Å². The van der Waals surface area contributed by atoms with Crippen molar-refractivity contribution in [3.63, 3.8) is 0 Å². The molecule has 0 aliphatic heterocycles. The maximum absolute atomic E-state index is 13.6. The average Bonchev–Trinajstić information content (AvgIpc) is 3.19. The van der Waals surface area contributed by atoms with Crippen LogP contribution < -0.4 is 15.2 Å². The molecule has 3 N–H and O–H groups in total. The molecule has 1 heterocycles. The molecule has 0 bridgehead atoms. The van der Waals surface area contributed by atoms with Gasteiger partial charge in [-0.2, -0.15) is 0 Å². The summed E-state index contributed by atoms with van der Waals surface area (Å²) in [5, 5.41) is 8.75. The summed E-state index contributed by atoms with van der Waals surface area (Å²) in [5.74, 6) is 0.794. The fourth-order valence-electron chi connectivity index (χ4n) is 3.77. The Balaban J connectivity index is 1.70. The van der Waals surface area contributed by atoms with Crippen LogP contribution in [0.25, 0.3) is 28.1 Å². The molecule has 34 heavy (non-hydrogen) atoms. The summed E-state index contributed by atoms with van der Waals surface area (Å²) >= 11 is 0. The third-order valence-corrected chi connectivity index (χ3v) is 5.51. The van der Waals surface area contributed by atoms with Gasteiger partial charge in [-0.1, -0.05) is 0 Å². The number of carbonyl (C=O) groups is 1. The SMILES string of the molecule is COc1ccc(-n2c(-c3ccc(F)cc3)nc3cc(N)c(OCCCCCC(=O)O)cc32)cc1. The molecule has 8 heteroatoms. The van der Waals surface area contributed by atoms with Crippen LogP contribution in [0.15, 0.2) is 60.7 Å². The first kappa shape index (κ1) is 23.1. The number of nitrogens with zero attached hydrogens (tertiary/aromatic N) is 2. The van der Waals surface area contributed by atoms with Gasteiger partial charge in [-0.25, -0.2) is 9.37 Å². The van der Waals surface area contributed by atoms with E-state index in [-0.39, 0.29) is 12.2 Å². The molecular weight excluding hydrogens is 437 g/mol. The van der Waals surface area contributed by atoms with Crippen molar-refractivity contribution in [3.05, 3.63) is 66.5 Å². The maximum atomic E-state index is 13.6. The van der Waals surface area contributed by atoms with Gasteiger partial charge in [0, 0.05) is 23.7 Å². The number of nitrogens with two attached hydrogens (primary N) is 1. The van der Waals surface area contributed by atoms with Gasteiger partial charge in [0.25, 0.3) is 0 Å². The van der Waals surface area contributed by atoms with Gasteiger partial charge in [0.15, 0.2) is 0 Å². The standard InChI is InChI=1S/C26H26FN3O4/c1-33-20-12-10-19(11-13-20)30-23-16-24(34-14-4-2-3-5-25(31)32)21(28)15-22(23)29-26(30)17-6-8-18(27)9-7-17/h6-13,15-16H,2-5,14,28H2,1H3,(H,31,32). The molecule has 0 atom stereocenters. The number of hydrogen-bond acceptors (Lipinski definition) is 5. The number of unbranched alkanes of at least 4 members (excludes halogenated alkanes) is 2. The molecule has 4 aromatic rings.